The highest BCUT2D eigenvalue weighted by Crippen LogP contribution is 2.37. The van der Waals surface area contributed by atoms with Crippen molar-refractivity contribution in [2.45, 2.75) is 66.0 Å². The summed E-state index contributed by atoms with van der Waals surface area (Å²) < 4.78 is 2.26. The second-order valence-corrected chi connectivity index (χ2v) is 11.1. The quantitative estimate of drug-likeness (QED) is 0.369. The minimum Gasteiger partial charge on any atom is -0.357 e. The summed E-state index contributed by atoms with van der Waals surface area (Å²) in [6, 6.07) is 10.2. The number of hydrogen-bond donors (Lipinski definition) is 0. The molecule has 0 unspecified atom stereocenters. The van der Waals surface area contributed by atoms with Crippen LogP contribution in [0.1, 0.15) is 66.8 Å². The van der Waals surface area contributed by atoms with Crippen molar-refractivity contribution in [1.82, 2.24) is 9.47 Å². The minimum absolute atomic E-state index is 0.140. The highest BCUT2D eigenvalue weighted by Gasteiger charge is 2.33. The van der Waals surface area contributed by atoms with Crippen LogP contribution in [-0.4, -0.2) is 32.8 Å². The summed E-state index contributed by atoms with van der Waals surface area (Å²) in [5.74, 6) is 0.683. The molecule has 0 spiro atoms. The largest absolute Gasteiger partial charge is 0.357 e. The number of thioether (sulfide) groups is 1. The van der Waals surface area contributed by atoms with Crippen molar-refractivity contribution in [2.24, 2.45) is 0 Å². The van der Waals surface area contributed by atoms with Crippen molar-refractivity contribution in [3.8, 4) is 6.07 Å². The monoisotopic (exact) mass is 520 g/mol. The van der Waals surface area contributed by atoms with Gasteiger partial charge in [0.15, 0.2) is 0 Å². The van der Waals surface area contributed by atoms with Gasteiger partial charge in [0.05, 0.1) is 11.4 Å². The molecule has 1 aromatic carbocycles. The van der Waals surface area contributed by atoms with Crippen LogP contribution in [-0.2, 0) is 17.9 Å². The van der Waals surface area contributed by atoms with Crippen molar-refractivity contribution < 1.29 is 4.79 Å². The fourth-order valence-corrected chi connectivity index (χ4v) is 6.08. The molecule has 2 aromatic rings. The van der Waals surface area contributed by atoms with Crippen LogP contribution in [0, 0.1) is 25.2 Å². The van der Waals surface area contributed by atoms with Crippen LogP contribution in [0.3, 0.4) is 0 Å². The second kappa shape index (κ2) is 11.4. The van der Waals surface area contributed by atoms with E-state index in [0.717, 1.165) is 67.7 Å². The number of nitriles is 1. The molecule has 6 nitrogen and oxygen atoms in total. The molecule has 188 valence electrons. The van der Waals surface area contributed by atoms with Crippen molar-refractivity contribution in [2.75, 3.05) is 18.0 Å². The number of hydrogen-bond acceptors (Lipinski definition) is 6. The highest BCUT2D eigenvalue weighted by molar-refractivity contribution is 8.26. The van der Waals surface area contributed by atoms with Gasteiger partial charge in [0.25, 0.3) is 11.5 Å². The van der Waals surface area contributed by atoms with Gasteiger partial charge in [-0.1, -0.05) is 73.6 Å². The predicted molar refractivity (Wildman–Crippen MR) is 151 cm³/mol. The van der Waals surface area contributed by atoms with Gasteiger partial charge in [-0.3, -0.25) is 19.1 Å². The number of amides is 1. The Hall–Kier alpha value is -2.89. The van der Waals surface area contributed by atoms with Crippen LogP contribution in [0.15, 0.2) is 34.0 Å². The number of carbonyl (C=O) groups excluding carboxylic acids is 1. The van der Waals surface area contributed by atoms with Gasteiger partial charge in [0.2, 0.25) is 0 Å². The third-order valence-corrected chi connectivity index (χ3v) is 8.19. The van der Waals surface area contributed by atoms with E-state index in [2.05, 4.69) is 11.0 Å². The second-order valence-electron chi connectivity index (χ2n) is 9.46. The van der Waals surface area contributed by atoms with E-state index in [4.69, 9.17) is 12.2 Å². The Kier molecular flexibility index (Phi) is 8.32. The molecule has 2 aliphatic rings. The summed E-state index contributed by atoms with van der Waals surface area (Å²) in [7, 11) is 0. The summed E-state index contributed by atoms with van der Waals surface area (Å²) in [4.78, 5) is 31.2. The van der Waals surface area contributed by atoms with E-state index >= 15 is 0 Å². The molecule has 1 amide bonds. The first kappa shape index (κ1) is 26.2. The normalized spacial score (nSPS) is 17.6. The topological polar surface area (TPSA) is 69.3 Å². The molecule has 2 aliphatic heterocycles. The Morgan fingerprint density at radius 1 is 1.08 bits per heavy atom. The van der Waals surface area contributed by atoms with Gasteiger partial charge in [0, 0.05) is 25.2 Å². The molecule has 0 radical (unpaired) electrons. The molecule has 0 N–H and O–H groups in total. The number of aryl methyl sites for hydroxylation is 1. The van der Waals surface area contributed by atoms with E-state index in [1.165, 1.54) is 11.8 Å². The van der Waals surface area contributed by atoms with Crippen LogP contribution in [0.5, 0.6) is 0 Å². The van der Waals surface area contributed by atoms with Gasteiger partial charge in [-0.05, 0) is 50.3 Å². The number of benzene rings is 1. The summed E-state index contributed by atoms with van der Waals surface area (Å²) in [5.41, 5.74) is 3.47. The van der Waals surface area contributed by atoms with E-state index < -0.39 is 0 Å². The maximum absolute atomic E-state index is 13.5. The first-order valence-corrected chi connectivity index (χ1v) is 13.8. The lowest BCUT2D eigenvalue weighted by atomic mass is 10.0. The lowest BCUT2D eigenvalue weighted by molar-refractivity contribution is -0.122. The van der Waals surface area contributed by atoms with Gasteiger partial charge in [0.1, 0.15) is 21.8 Å². The molecule has 0 aliphatic carbocycles. The Bertz CT molecular complexity index is 1300. The summed E-state index contributed by atoms with van der Waals surface area (Å²) in [5, 5.41) is 9.84. The number of carbonyl (C=O) groups is 1. The molecule has 0 saturated carbocycles. The number of rotatable bonds is 6. The van der Waals surface area contributed by atoms with Crippen LogP contribution < -0.4 is 10.5 Å². The summed E-state index contributed by atoms with van der Waals surface area (Å²) >= 11 is 6.87. The molecule has 2 fully saturated rings. The first-order valence-electron chi connectivity index (χ1n) is 12.6. The smallest absolute Gasteiger partial charge is 0.270 e. The first-order chi connectivity index (χ1) is 17.3. The van der Waals surface area contributed by atoms with E-state index in [0.29, 0.717) is 27.9 Å². The van der Waals surface area contributed by atoms with Crippen LogP contribution in [0.4, 0.5) is 5.82 Å². The number of pyridine rings is 1. The predicted octanol–water partition coefficient (Wildman–Crippen LogP) is 5.53. The molecule has 36 heavy (non-hydrogen) atoms. The number of anilines is 1. The maximum Gasteiger partial charge on any atom is 0.270 e. The molecule has 8 heteroatoms. The number of aromatic nitrogens is 1. The molecular weight excluding hydrogens is 488 g/mol. The molecule has 0 bridgehead atoms. The average molecular weight is 521 g/mol. The fourth-order valence-electron chi connectivity index (χ4n) is 4.84. The zero-order valence-corrected chi connectivity index (χ0v) is 22.8. The Morgan fingerprint density at radius 2 is 1.75 bits per heavy atom. The third kappa shape index (κ3) is 5.28. The van der Waals surface area contributed by atoms with Crippen LogP contribution in [0.2, 0.25) is 0 Å². The number of nitrogens with zero attached hydrogens (tertiary/aromatic N) is 4. The zero-order valence-electron chi connectivity index (χ0n) is 21.2. The van der Waals surface area contributed by atoms with Crippen molar-refractivity contribution in [3.63, 3.8) is 0 Å². The molecule has 3 heterocycles. The lowest BCUT2D eigenvalue weighted by Gasteiger charge is -2.29. The summed E-state index contributed by atoms with van der Waals surface area (Å²) in [6.45, 7) is 8.52. The van der Waals surface area contributed by atoms with Gasteiger partial charge in [-0.15, -0.1) is 0 Å². The van der Waals surface area contributed by atoms with E-state index in [1.54, 1.807) is 9.47 Å². The minimum atomic E-state index is -0.250. The highest BCUT2D eigenvalue weighted by atomic mass is 32.2. The Balaban J connectivity index is 1.81. The van der Waals surface area contributed by atoms with Crippen LogP contribution >= 0.6 is 24.0 Å². The molecule has 1 aromatic heterocycles. The van der Waals surface area contributed by atoms with Gasteiger partial charge in [-0.25, -0.2) is 0 Å². The third-order valence-electron chi connectivity index (χ3n) is 6.81. The van der Waals surface area contributed by atoms with Crippen molar-refractivity contribution in [3.05, 3.63) is 67.3 Å². The Labute approximate surface area is 222 Å². The van der Waals surface area contributed by atoms with Gasteiger partial charge in [-0.2, -0.15) is 5.26 Å². The van der Waals surface area contributed by atoms with Crippen LogP contribution in [0.25, 0.3) is 6.08 Å². The fraction of sp³-hybridized carbons (Fsp3) is 0.429. The molecule has 4 rings (SSSR count). The molecular formula is C28H32N4O2S2. The van der Waals surface area contributed by atoms with E-state index in [1.807, 2.05) is 51.1 Å². The Morgan fingerprint density at radius 3 is 2.36 bits per heavy atom. The van der Waals surface area contributed by atoms with Gasteiger partial charge < -0.3 is 4.90 Å². The van der Waals surface area contributed by atoms with Crippen molar-refractivity contribution in [1.29, 1.82) is 5.26 Å². The molecule has 0 atom stereocenters. The number of thiocarbonyl (C=S) groups is 1. The average Bonchev–Trinajstić information content (AvgIpc) is 3.03. The molecule has 2 saturated heterocycles. The van der Waals surface area contributed by atoms with E-state index in [9.17, 15) is 14.9 Å². The summed E-state index contributed by atoms with van der Waals surface area (Å²) in [6.07, 6.45) is 7.06. The van der Waals surface area contributed by atoms with E-state index in [-0.39, 0.29) is 17.0 Å². The van der Waals surface area contributed by atoms with Crippen molar-refractivity contribution >= 4 is 46.1 Å². The zero-order chi connectivity index (χ0) is 25.8. The maximum atomic E-state index is 13.5. The standard InChI is InChI=1S/C28H32N4O2S2/c1-4-13-31-25(30-14-7-5-6-8-15-30)22(20(3)23(17-29)26(31)33)16-24-27(34)32(28(35)36-24)18-21-11-9-19(2)10-12-21/h9-12,16H,4-8,13-15,18H2,1-3H3/b24-16+. The van der Waals surface area contributed by atoms with Gasteiger partial charge >= 0.3 is 0 Å². The SMILES string of the molecule is CCCn1c(N2CCCCCC2)c(/C=C2/SC(=S)N(Cc3ccc(C)cc3)C2=O)c(C)c(C#N)c1=O. The lowest BCUT2D eigenvalue weighted by Crippen LogP contribution is -2.35.